The van der Waals surface area contributed by atoms with Crippen molar-refractivity contribution in [1.29, 1.82) is 0 Å². The number of ether oxygens (including phenoxy) is 1. The Bertz CT molecular complexity index is 378. The molecule has 0 bridgehead atoms. The number of hydrogen-bond donors (Lipinski definition) is 1. The van der Waals surface area contributed by atoms with E-state index in [2.05, 4.69) is 27.7 Å². The van der Waals surface area contributed by atoms with Crippen LogP contribution >= 0.6 is 0 Å². The van der Waals surface area contributed by atoms with Crippen LogP contribution in [0.3, 0.4) is 0 Å². The van der Waals surface area contributed by atoms with Crippen LogP contribution in [0.1, 0.15) is 38.1 Å². The van der Waals surface area contributed by atoms with E-state index in [4.69, 9.17) is 10.5 Å². The molecular weight excluding hydrogens is 214 g/mol. The van der Waals surface area contributed by atoms with E-state index in [1.54, 1.807) is 18.2 Å². The van der Waals surface area contributed by atoms with E-state index < -0.39 is 5.91 Å². The summed E-state index contributed by atoms with van der Waals surface area (Å²) in [6.45, 7) is 8.51. The molecule has 3 nitrogen and oxygen atoms in total. The minimum Gasteiger partial charge on any atom is -0.490 e. The van der Waals surface area contributed by atoms with Gasteiger partial charge in [0, 0.05) is 5.56 Å². The maximum atomic E-state index is 11.1. The lowest BCUT2D eigenvalue weighted by Crippen LogP contribution is -2.29. The van der Waals surface area contributed by atoms with Crippen LogP contribution in [0.2, 0.25) is 0 Å². The van der Waals surface area contributed by atoms with Crippen molar-refractivity contribution in [2.24, 2.45) is 17.6 Å². The highest BCUT2D eigenvalue weighted by atomic mass is 16.5. The maximum Gasteiger partial charge on any atom is 0.248 e. The average molecular weight is 235 g/mol. The Labute approximate surface area is 103 Å². The van der Waals surface area contributed by atoms with Crippen molar-refractivity contribution in [2.75, 3.05) is 0 Å². The van der Waals surface area contributed by atoms with Gasteiger partial charge in [-0.1, -0.05) is 33.8 Å². The molecule has 1 rings (SSSR count). The molecule has 1 aromatic rings. The summed E-state index contributed by atoms with van der Waals surface area (Å²) in [7, 11) is 0. The Kier molecular flexibility index (Phi) is 4.55. The van der Waals surface area contributed by atoms with E-state index in [0.29, 0.717) is 23.1 Å². The normalized spacial score (nSPS) is 11.2. The number of carbonyl (C=O) groups excluding carboxylic acids is 1. The quantitative estimate of drug-likeness (QED) is 0.853. The van der Waals surface area contributed by atoms with Crippen molar-refractivity contribution < 1.29 is 9.53 Å². The molecule has 0 radical (unpaired) electrons. The second kappa shape index (κ2) is 5.71. The lowest BCUT2D eigenvalue weighted by Gasteiger charge is -2.26. The first-order valence-electron chi connectivity index (χ1n) is 5.98. The topological polar surface area (TPSA) is 52.3 Å². The van der Waals surface area contributed by atoms with Crippen LogP contribution < -0.4 is 10.5 Å². The zero-order valence-electron chi connectivity index (χ0n) is 10.9. The summed E-state index contributed by atoms with van der Waals surface area (Å²) >= 11 is 0. The van der Waals surface area contributed by atoms with Gasteiger partial charge in [0.25, 0.3) is 0 Å². The molecule has 0 atom stereocenters. The van der Waals surface area contributed by atoms with Gasteiger partial charge in [0.15, 0.2) is 0 Å². The standard InChI is InChI=1S/C14H21NO2/c1-9(2)13(10(3)4)17-12-7-5-6-11(8-12)14(15)16/h5-10,13H,1-4H3,(H2,15,16). The first-order chi connectivity index (χ1) is 7.91. The fraction of sp³-hybridized carbons (Fsp3) is 0.500. The molecule has 94 valence electrons. The number of primary amides is 1. The van der Waals surface area contributed by atoms with Crippen LogP contribution in [-0.4, -0.2) is 12.0 Å². The molecule has 1 amide bonds. The largest absolute Gasteiger partial charge is 0.490 e. The summed E-state index contributed by atoms with van der Waals surface area (Å²) in [5, 5.41) is 0. The molecule has 17 heavy (non-hydrogen) atoms. The number of carbonyl (C=O) groups is 1. The smallest absolute Gasteiger partial charge is 0.248 e. The van der Waals surface area contributed by atoms with Gasteiger partial charge in [-0.3, -0.25) is 4.79 Å². The minimum atomic E-state index is -0.430. The summed E-state index contributed by atoms with van der Waals surface area (Å²) in [6.07, 6.45) is 0.137. The van der Waals surface area contributed by atoms with Crippen LogP contribution in [0.5, 0.6) is 5.75 Å². The van der Waals surface area contributed by atoms with E-state index in [1.807, 2.05) is 6.07 Å². The highest BCUT2D eigenvalue weighted by Crippen LogP contribution is 2.21. The van der Waals surface area contributed by atoms with Crippen molar-refractivity contribution in [3.8, 4) is 5.75 Å². The number of nitrogens with two attached hydrogens (primary N) is 1. The van der Waals surface area contributed by atoms with Gasteiger partial charge in [-0.05, 0) is 30.0 Å². The highest BCUT2D eigenvalue weighted by Gasteiger charge is 2.19. The van der Waals surface area contributed by atoms with E-state index in [-0.39, 0.29) is 6.10 Å². The Balaban J connectivity index is 2.86. The van der Waals surface area contributed by atoms with Crippen molar-refractivity contribution in [2.45, 2.75) is 33.8 Å². The third-order valence-corrected chi connectivity index (χ3v) is 2.70. The van der Waals surface area contributed by atoms with Crippen molar-refractivity contribution >= 4 is 5.91 Å². The fourth-order valence-corrected chi connectivity index (χ4v) is 1.92. The SMILES string of the molecule is CC(C)C(Oc1cccc(C(N)=O)c1)C(C)C. The predicted molar refractivity (Wildman–Crippen MR) is 69.1 cm³/mol. The molecule has 0 unspecified atom stereocenters. The number of hydrogen-bond acceptors (Lipinski definition) is 2. The molecule has 1 aromatic carbocycles. The molecule has 0 aliphatic heterocycles. The fourth-order valence-electron chi connectivity index (χ4n) is 1.92. The summed E-state index contributed by atoms with van der Waals surface area (Å²) < 4.78 is 5.92. The van der Waals surface area contributed by atoms with Gasteiger partial charge in [0.2, 0.25) is 5.91 Å². The third kappa shape index (κ3) is 3.77. The predicted octanol–water partition coefficient (Wildman–Crippen LogP) is 2.84. The van der Waals surface area contributed by atoms with Crippen molar-refractivity contribution in [1.82, 2.24) is 0 Å². The first kappa shape index (κ1) is 13.6. The Morgan fingerprint density at radius 2 is 1.76 bits per heavy atom. The van der Waals surface area contributed by atoms with Crippen LogP contribution in [-0.2, 0) is 0 Å². The van der Waals surface area contributed by atoms with E-state index >= 15 is 0 Å². The van der Waals surface area contributed by atoms with Gasteiger partial charge in [-0.25, -0.2) is 0 Å². The molecule has 3 heteroatoms. The molecule has 0 saturated heterocycles. The minimum absolute atomic E-state index is 0.137. The van der Waals surface area contributed by atoms with E-state index in [1.165, 1.54) is 0 Å². The highest BCUT2D eigenvalue weighted by molar-refractivity contribution is 5.93. The lowest BCUT2D eigenvalue weighted by atomic mass is 9.96. The number of amides is 1. The zero-order chi connectivity index (χ0) is 13.0. The summed E-state index contributed by atoms with van der Waals surface area (Å²) in [5.74, 6) is 1.12. The van der Waals surface area contributed by atoms with E-state index in [9.17, 15) is 4.79 Å². The Hall–Kier alpha value is -1.51. The average Bonchev–Trinajstić information content (AvgIpc) is 2.25. The molecule has 0 spiro atoms. The molecular formula is C14H21NO2. The third-order valence-electron chi connectivity index (χ3n) is 2.70. The van der Waals surface area contributed by atoms with Gasteiger partial charge in [-0.2, -0.15) is 0 Å². The molecule has 0 fully saturated rings. The molecule has 0 heterocycles. The van der Waals surface area contributed by atoms with Gasteiger partial charge >= 0.3 is 0 Å². The van der Waals surface area contributed by atoms with Gasteiger partial charge in [-0.15, -0.1) is 0 Å². The number of rotatable bonds is 5. The molecule has 0 aliphatic carbocycles. The van der Waals surface area contributed by atoms with E-state index in [0.717, 1.165) is 0 Å². The molecule has 0 aliphatic rings. The van der Waals surface area contributed by atoms with Gasteiger partial charge < -0.3 is 10.5 Å². The molecule has 0 aromatic heterocycles. The van der Waals surface area contributed by atoms with Crippen molar-refractivity contribution in [3.05, 3.63) is 29.8 Å². The molecule has 2 N–H and O–H groups in total. The van der Waals surface area contributed by atoms with Gasteiger partial charge in [0.1, 0.15) is 11.9 Å². The second-order valence-electron chi connectivity index (χ2n) is 4.96. The second-order valence-corrected chi connectivity index (χ2v) is 4.96. The van der Waals surface area contributed by atoms with Crippen LogP contribution in [0.25, 0.3) is 0 Å². The number of benzene rings is 1. The van der Waals surface area contributed by atoms with Crippen LogP contribution in [0.15, 0.2) is 24.3 Å². The maximum absolute atomic E-state index is 11.1. The van der Waals surface area contributed by atoms with Crippen molar-refractivity contribution in [3.63, 3.8) is 0 Å². The molecule has 0 saturated carbocycles. The van der Waals surface area contributed by atoms with Gasteiger partial charge in [0.05, 0.1) is 0 Å². The Morgan fingerprint density at radius 1 is 1.18 bits per heavy atom. The monoisotopic (exact) mass is 235 g/mol. The first-order valence-corrected chi connectivity index (χ1v) is 5.98. The lowest BCUT2D eigenvalue weighted by molar-refractivity contribution is 0.0989. The summed E-state index contributed by atoms with van der Waals surface area (Å²) in [4.78, 5) is 11.1. The summed E-state index contributed by atoms with van der Waals surface area (Å²) in [5.41, 5.74) is 5.72. The Morgan fingerprint density at radius 3 is 2.24 bits per heavy atom. The van der Waals surface area contributed by atoms with Crippen LogP contribution in [0, 0.1) is 11.8 Å². The summed E-state index contributed by atoms with van der Waals surface area (Å²) in [6, 6.07) is 7.02. The zero-order valence-corrected chi connectivity index (χ0v) is 10.9. The van der Waals surface area contributed by atoms with Crippen LogP contribution in [0.4, 0.5) is 0 Å².